The van der Waals surface area contributed by atoms with Gasteiger partial charge in [-0.2, -0.15) is 0 Å². The highest BCUT2D eigenvalue weighted by atomic mass is 79.9. The number of hydrogen-bond donors (Lipinski definition) is 1. The minimum Gasteiger partial charge on any atom is -0.484 e. The smallest absolute Gasteiger partial charge is 0.238 e. The Labute approximate surface area is 161 Å². The Hall–Kier alpha value is -1.90. The highest BCUT2D eigenvalue weighted by Gasteiger charge is 2.15. The minimum atomic E-state index is -3.76. The SMILES string of the molecule is CCCCn1c(COc2ccccc2Br)nc2cc(S(N)(=O)=O)ccc21. The van der Waals surface area contributed by atoms with Gasteiger partial charge in [0.05, 0.1) is 20.4 Å². The van der Waals surface area contributed by atoms with E-state index in [0.29, 0.717) is 5.52 Å². The van der Waals surface area contributed by atoms with Crippen LogP contribution in [0.25, 0.3) is 11.0 Å². The number of primary sulfonamides is 1. The van der Waals surface area contributed by atoms with E-state index in [9.17, 15) is 8.42 Å². The van der Waals surface area contributed by atoms with Gasteiger partial charge in [-0.05, 0) is 52.7 Å². The molecule has 138 valence electrons. The van der Waals surface area contributed by atoms with Crippen molar-refractivity contribution in [2.24, 2.45) is 5.14 Å². The molecule has 0 unspecified atom stereocenters. The minimum absolute atomic E-state index is 0.0587. The molecular weight excluding hydrogens is 418 g/mol. The normalized spacial score (nSPS) is 11.8. The Morgan fingerprint density at radius 1 is 1.23 bits per heavy atom. The molecular formula is C18H20BrN3O3S. The zero-order valence-corrected chi connectivity index (χ0v) is 16.8. The quantitative estimate of drug-likeness (QED) is 0.608. The maximum atomic E-state index is 11.6. The second-order valence-corrected chi connectivity index (χ2v) is 8.36. The summed E-state index contributed by atoms with van der Waals surface area (Å²) in [6.45, 7) is 3.19. The third-order valence-electron chi connectivity index (χ3n) is 4.06. The number of nitrogens with zero attached hydrogens (tertiary/aromatic N) is 2. The first-order valence-corrected chi connectivity index (χ1v) is 10.6. The van der Waals surface area contributed by atoms with E-state index < -0.39 is 10.0 Å². The van der Waals surface area contributed by atoms with Crippen LogP contribution in [0.3, 0.4) is 0 Å². The molecule has 1 heterocycles. The number of rotatable bonds is 7. The van der Waals surface area contributed by atoms with E-state index in [1.54, 1.807) is 6.07 Å². The highest BCUT2D eigenvalue weighted by Crippen LogP contribution is 2.26. The number of benzene rings is 2. The number of aryl methyl sites for hydroxylation is 1. The van der Waals surface area contributed by atoms with Crippen LogP contribution in [0.15, 0.2) is 51.8 Å². The van der Waals surface area contributed by atoms with E-state index in [4.69, 9.17) is 9.88 Å². The number of para-hydroxylation sites is 1. The van der Waals surface area contributed by atoms with Crippen molar-refractivity contribution < 1.29 is 13.2 Å². The fourth-order valence-corrected chi connectivity index (χ4v) is 3.65. The van der Waals surface area contributed by atoms with Gasteiger partial charge in [-0.15, -0.1) is 0 Å². The summed E-state index contributed by atoms with van der Waals surface area (Å²) < 4.78 is 32.0. The van der Waals surface area contributed by atoms with E-state index in [1.807, 2.05) is 24.3 Å². The van der Waals surface area contributed by atoms with Crippen molar-refractivity contribution in [2.75, 3.05) is 0 Å². The van der Waals surface area contributed by atoms with Crippen LogP contribution in [0.2, 0.25) is 0 Å². The lowest BCUT2D eigenvalue weighted by atomic mass is 10.3. The highest BCUT2D eigenvalue weighted by molar-refractivity contribution is 9.10. The Morgan fingerprint density at radius 3 is 2.69 bits per heavy atom. The number of hydrogen-bond acceptors (Lipinski definition) is 4. The first-order chi connectivity index (χ1) is 12.4. The van der Waals surface area contributed by atoms with Crippen molar-refractivity contribution in [1.29, 1.82) is 0 Å². The molecule has 2 aromatic carbocycles. The molecule has 1 aromatic heterocycles. The largest absolute Gasteiger partial charge is 0.484 e. The van der Waals surface area contributed by atoms with Crippen molar-refractivity contribution in [3.63, 3.8) is 0 Å². The molecule has 0 amide bonds. The summed E-state index contributed by atoms with van der Waals surface area (Å²) in [5.41, 5.74) is 1.47. The van der Waals surface area contributed by atoms with Gasteiger partial charge in [-0.25, -0.2) is 18.5 Å². The summed E-state index contributed by atoms with van der Waals surface area (Å²) in [6, 6.07) is 12.4. The van der Waals surface area contributed by atoms with E-state index in [-0.39, 0.29) is 11.5 Å². The van der Waals surface area contributed by atoms with Gasteiger partial charge < -0.3 is 9.30 Å². The average Bonchev–Trinajstić information content (AvgIpc) is 2.95. The van der Waals surface area contributed by atoms with Crippen LogP contribution >= 0.6 is 15.9 Å². The molecule has 0 bridgehead atoms. The molecule has 0 aliphatic carbocycles. The summed E-state index contributed by atoms with van der Waals surface area (Å²) in [7, 11) is -3.76. The number of halogens is 1. The van der Waals surface area contributed by atoms with Gasteiger partial charge in [0.15, 0.2) is 0 Å². The molecule has 3 rings (SSSR count). The van der Waals surface area contributed by atoms with Crippen LogP contribution < -0.4 is 9.88 Å². The van der Waals surface area contributed by atoms with E-state index in [1.165, 1.54) is 12.1 Å². The topological polar surface area (TPSA) is 87.2 Å². The number of sulfonamides is 1. The summed E-state index contributed by atoms with van der Waals surface area (Å²) in [6.07, 6.45) is 2.03. The number of imidazole rings is 1. The van der Waals surface area contributed by atoms with Crippen molar-refractivity contribution in [2.45, 2.75) is 37.8 Å². The first-order valence-electron chi connectivity index (χ1n) is 8.29. The maximum absolute atomic E-state index is 11.6. The number of unbranched alkanes of at least 4 members (excludes halogenated alkanes) is 1. The van der Waals surface area contributed by atoms with Crippen molar-refractivity contribution >= 4 is 37.0 Å². The van der Waals surface area contributed by atoms with Crippen LogP contribution in [0.4, 0.5) is 0 Å². The molecule has 0 aliphatic rings. The molecule has 2 N–H and O–H groups in total. The lowest BCUT2D eigenvalue weighted by molar-refractivity contribution is 0.288. The van der Waals surface area contributed by atoms with Gasteiger partial charge in [0.2, 0.25) is 10.0 Å². The number of ether oxygens (including phenoxy) is 1. The first kappa shape index (κ1) is 18.9. The summed E-state index contributed by atoms with van der Waals surface area (Å²) in [5.74, 6) is 1.47. The Morgan fingerprint density at radius 2 is 2.00 bits per heavy atom. The third kappa shape index (κ3) is 4.08. The van der Waals surface area contributed by atoms with Gasteiger partial charge in [0.1, 0.15) is 18.2 Å². The van der Waals surface area contributed by atoms with Crippen LogP contribution in [0.5, 0.6) is 5.75 Å². The molecule has 0 radical (unpaired) electrons. The standard InChI is InChI=1S/C18H20BrN3O3S/c1-2-3-10-22-16-9-8-13(26(20,23)24)11-15(16)21-18(22)12-25-17-7-5-4-6-14(17)19/h4-9,11H,2-3,10,12H2,1H3,(H2,20,23,24). The third-order valence-corrected chi connectivity index (χ3v) is 5.62. The second kappa shape index (κ2) is 7.77. The predicted octanol–water partition coefficient (Wildman–Crippen LogP) is 3.83. The van der Waals surface area contributed by atoms with E-state index >= 15 is 0 Å². The van der Waals surface area contributed by atoms with Gasteiger partial charge in [0.25, 0.3) is 0 Å². The molecule has 8 heteroatoms. The lowest BCUT2D eigenvalue weighted by Crippen LogP contribution is -2.11. The number of fused-ring (bicyclic) bond motifs is 1. The summed E-state index contributed by atoms with van der Waals surface area (Å²) >= 11 is 3.46. The molecule has 0 aliphatic heterocycles. The van der Waals surface area contributed by atoms with Crippen LogP contribution in [-0.2, 0) is 23.2 Å². The van der Waals surface area contributed by atoms with Crippen LogP contribution in [0, 0.1) is 0 Å². The average molecular weight is 438 g/mol. The fraction of sp³-hybridized carbons (Fsp3) is 0.278. The summed E-state index contributed by atoms with van der Waals surface area (Å²) in [4.78, 5) is 4.65. The molecule has 0 saturated heterocycles. The molecule has 26 heavy (non-hydrogen) atoms. The van der Waals surface area contributed by atoms with Gasteiger partial charge >= 0.3 is 0 Å². The number of nitrogens with two attached hydrogens (primary N) is 1. The molecule has 0 fully saturated rings. The Bertz CT molecular complexity index is 1030. The maximum Gasteiger partial charge on any atom is 0.238 e. The number of aromatic nitrogens is 2. The van der Waals surface area contributed by atoms with Crippen molar-refractivity contribution in [1.82, 2.24) is 9.55 Å². The van der Waals surface area contributed by atoms with Gasteiger partial charge in [-0.3, -0.25) is 0 Å². The monoisotopic (exact) mass is 437 g/mol. The van der Waals surface area contributed by atoms with Crippen LogP contribution in [-0.4, -0.2) is 18.0 Å². The molecule has 0 atom stereocenters. The summed E-state index contributed by atoms with van der Waals surface area (Å²) in [5, 5.41) is 5.23. The molecule has 6 nitrogen and oxygen atoms in total. The molecule has 3 aromatic rings. The second-order valence-electron chi connectivity index (χ2n) is 5.95. The van der Waals surface area contributed by atoms with E-state index in [0.717, 1.165) is 40.9 Å². The molecule has 0 saturated carbocycles. The van der Waals surface area contributed by atoms with Crippen molar-refractivity contribution in [3.8, 4) is 5.75 Å². The zero-order chi connectivity index (χ0) is 18.7. The lowest BCUT2D eigenvalue weighted by Gasteiger charge is -2.11. The fourth-order valence-electron chi connectivity index (χ4n) is 2.72. The van der Waals surface area contributed by atoms with Gasteiger partial charge in [0, 0.05) is 6.54 Å². The Kier molecular flexibility index (Phi) is 5.64. The predicted molar refractivity (Wildman–Crippen MR) is 104 cm³/mol. The van der Waals surface area contributed by atoms with E-state index in [2.05, 4.69) is 32.4 Å². The van der Waals surface area contributed by atoms with Crippen molar-refractivity contribution in [3.05, 3.63) is 52.8 Å². The molecule has 0 spiro atoms. The van der Waals surface area contributed by atoms with Gasteiger partial charge in [-0.1, -0.05) is 25.5 Å². The Balaban J connectivity index is 1.98. The zero-order valence-electron chi connectivity index (χ0n) is 14.4. The van der Waals surface area contributed by atoms with Crippen LogP contribution in [0.1, 0.15) is 25.6 Å².